The Kier molecular flexibility index (Phi) is 3.74. The maximum atomic E-state index is 11.5. The van der Waals surface area contributed by atoms with E-state index >= 15 is 0 Å². The molecule has 0 aliphatic rings. The van der Waals surface area contributed by atoms with Gasteiger partial charge in [-0.3, -0.25) is 0 Å². The van der Waals surface area contributed by atoms with E-state index in [4.69, 9.17) is 0 Å². The molecule has 2 nitrogen and oxygen atoms in total. The summed E-state index contributed by atoms with van der Waals surface area (Å²) < 4.78 is 1.94. The number of aromatic nitrogens is 1. The third-order valence-electron chi connectivity index (χ3n) is 2.16. The van der Waals surface area contributed by atoms with E-state index < -0.39 is 0 Å². The van der Waals surface area contributed by atoms with Gasteiger partial charge in [0, 0.05) is 0 Å². The first-order valence-electron chi connectivity index (χ1n) is 4.84. The first-order chi connectivity index (χ1) is 7.72. The number of halogens is 1. The summed E-state index contributed by atoms with van der Waals surface area (Å²) in [6.07, 6.45) is 0. The second-order valence-electron chi connectivity index (χ2n) is 3.35. The van der Waals surface area contributed by atoms with Crippen LogP contribution in [0.5, 0.6) is 0 Å². The summed E-state index contributed by atoms with van der Waals surface area (Å²) in [5.41, 5.74) is 2.02. The molecule has 0 saturated heterocycles. The monoisotopic (exact) mass is 343 g/mol. The number of benzene rings is 1. The third-order valence-corrected chi connectivity index (χ3v) is 5.31. The molecule has 0 aliphatic carbocycles. The number of Topliss-reactive ketones (excluding diaryl/α,β-unsaturated/α-hetero) is 1. The van der Waals surface area contributed by atoms with Crippen LogP contribution < -0.4 is 0 Å². The van der Waals surface area contributed by atoms with Crippen LogP contribution in [0.4, 0.5) is 0 Å². The molecule has 16 heavy (non-hydrogen) atoms. The van der Waals surface area contributed by atoms with Crippen molar-refractivity contribution < 1.29 is 4.79 Å². The minimum absolute atomic E-state index is 0.0519. The number of rotatable bonds is 3. The molecule has 0 N–H and O–H groups in total. The van der Waals surface area contributed by atoms with E-state index in [1.807, 2.05) is 30.3 Å². The minimum atomic E-state index is 0.0519. The normalized spacial score (nSPS) is 10.4. The molecule has 0 radical (unpaired) electrons. The van der Waals surface area contributed by atoms with E-state index in [1.54, 1.807) is 6.92 Å². The van der Waals surface area contributed by atoms with Crippen molar-refractivity contribution in [3.63, 3.8) is 0 Å². The fourth-order valence-corrected chi connectivity index (χ4v) is 4.31. The quantitative estimate of drug-likeness (QED) is 0.487. The Hall–Kier alpha value is -0.701. The van der Waals surface area contributed by atoms with Gasteiger partial charge in [-0.2, -0.15) is 0 Å². The molecule has 0 spiro atoms. The molecule has 0 bridgehead atoms. The Morgan fingerprint density at radius 2 is 2.06 bits per heavy atom. The summed E-state index contributed by atoms with van der Waals surface area (Å²) in [6, 6.07) is 10.0. The number of carbonyl (C=O) groups excluding carboxylic acids is 1. The summed E-state index contributed by atoms with van der Waals surface area (Å²) in [6.45, 7) is 1.61. The first-order valence-corrected chi connectivity index (χ1v) is 7.68. The van der Waals surface area contributed by atoms with Crippen molar-refractivity contribution >= 4 is 36.2 Å². The molecular weight excluding hydrogens is 333 g/mol. The third kappa shape index (κ3) is 2.34. The molecular formula is C12H10BrNOSe. The van der Waals surface area contributed by atoms with Crippen LogP contribution in [0.2, 0.25) is 0 Å². The van der Waals surface area contributed by atoms with E-state index in [-0.39, 0.29) is 20.3 Å². The maximum absolute atomic E-state index is 11.5. The standard InChI is InChI=1S/C12H10BrNOSe/c1-8(15)11-10(7-13)14-12(16-11)9-5-3-2-4-6-9/h2-6H,7H2,1H3. The zero-order valence-electron chi connectivity index (χ0n) is 8.74. The van der Waals surface area contributed by atoms with Crippen LogP contribution in [0.15, 0.2) is 30.3 Å². The second-order valence-corrected chi connectivity index (χ2v) is 6.01. The average molecular weight is 343 g/mol. The van der Waals surface area contributed by atoms with Gasteiger partial charge in [-0.05, 0) is 0 Å². The van der Waals surface area contributed by atoms with E-state index in [2.05, 4.69) is 20.9 Å². The van der Waals surface area contributed by atoms with Crippen molar-refractivity contribution in [1.29, 1.82) is 0 Å². The van der Waals surface area contributed by atoms with Gasteiger partial charge in [0.05, 0.1) is 0 Å². The van der Waals surface area contributed by atoms with Crippen molar-refractivity contribution in [2.24, 2.45) is 0 Å². The molecule has 82 valence electrons. The molecule has 1 aromatic heterocycles. The molecule has 0 atom stereocenters. The molecule has 2 rings (SSSR count). The van der Waals surface area contributed by atoms with Crippen LogP contribution in [0.1, 0.15) is 21.8 Å². The molecule has 0 unspecified atom stereocenters. The van der Waals surface area contributed by atoms with Crippen molar-refractivity contribution in [3.05, 3.63) is 40.5 Å². The summed E-state index contributed by atoms with van der Waals surface area (Å²) in [4.78, 5) is 16.0. The van der Waals surface area contributed by atoms with Gasteiger partial charge in [-0.1, -0.05) is 0 Å². The predicted molar refractivity (Wildman–Crippen MR) is 69.2 cm³/mol. The SMILES string of the molecule is CC(=O)c1[se]c(-c2ccccc2)nc1CBr. The number of ketones is 1. The van der Waals surface area contributed by atoms with E-state index in [0.717, 1.165) is 20.3 Å². The molecule has 0 fully saturated rings. The fraction of sp³-hybridized carbons (Fsp3) is 0.167. The van der Waals surface area contributed by atoms with Crippen LogP contribution in [0, 0.1) is 0 Å². The van der Waals surface area contributed by atoms with Crippen molar-refractivity contribution in [2.45, 2.75) is 12.3 Å². The summed E-state index contributed by atoms with van der Waals surface area (Å²) in [5.74, 6) is 0.143. The van der Waals surface area contributed by atoms with Crippen molar-refractivity contribution in [2.75, 3.05) is 0 Å². The number of hydrogen-bond acceptors (Lipinski definition) is 2. The molecule has 4 heteroatoms. The molecule has 1 aromatic carbocycles. The van der Waals surface area contributed by atoms with E-state index in [0.29, 0.717) is 5.33 Å². The Morgan fingerprint density at radius 1 is 1.38 bits per heavy atom. The van der Waals surface area contributed by atoms with E-state index in [9.17, 15) is 4.79 Å². The van der Waals surface area contributed by atoms with Gasteiger partial charge in [0.15, 0.2) is 0 Å². The zero-order chi connectivity index (χ0) is 11.5. The Labute approximate surface area is 109 Å². The van der Waals surface area contributed by atoms with Gasteiger partial charge < -0.3 is 0 Å². The molecule has 2 aromatic rings. The summed E-state index contributed by atoms with van der Waals surface area (Å²) >= 11 is 3.43. The Balaban J connectivity index is 2.48. The number of nitrogens with zero attached hydrogens (tertiary/aromatic N) is 1. The summed E-state index contributed by atoms with van der Waals surface area (Å²) in [5, 5.41) is 0.653. The van der Waals surface area contributed by atoms with Crippen molar-refractivity contribution in [3.8, 4) is 10.1 Å². The zero-order valence-corrected chi connectivity index (χ0v) is 12.0. The van der Waals surface area contributed by atoms with Crippen LogP contribution >= 0.6 is 15.9 Å². The molecule has 0 amide bonds. The predicted octanol–water partition coefficient (Wildman–Crippen LogP) is 2.90. The van der Waals surface area contributed by atoms with E-state index in [1.165, 1.54) is 0 Å². The number of alkyl halides is 1. The van der Waals surface area contributed by atoms with Gasteiger partial charge in [0.2, 0.25) is 0 Å². The number of carbonyl (C=O) groups is 1. The van der Waals surface area contributed by atoms with Gasteiger partial charge in [0.25, 0.3) is 0 Å². The second kappa shape index (κ2) is 5.09. The number of hydrogen-bond donors (Lipinski definition) is 0. The van der Waals surface area contributed by atoms with Crippen LogP contribution in [-0.2, 0) is 5.33 Å². The average Bonchev–Trinajstić information content (AvgIpc) is 2.74. The molecule has 0 saturated carbocycles. The van der Waals surface area contributed by atoms with Crippen LogP contribution in [-0.4, -0.2) is 25.3 Å². The van der Waals surface area contributed by atoms with Crippen LogP contribution in [0.25, 0.3) is 10.1 Å². The van der Waals surface area contributed by atoms with Crippen LogP contribution in [0.3, 0.4) is 0 Å². The topological polar surface area (TPSA) is 30.0 Å². The van der Waals surface area contributed by atoms with Gasteiger partial charge in [-0.25, -0.2) is 0 Å². The molecule has 1 heterocycles. The first kappa shape index (κ1) is 11.8. The van der Waals surface area contributed by atoms with Gasteiger partial charge >= 0.3 is 109 Å². The van der Waals surface area contributed by atoms with Crippen molar-refractivity contribution in [1.82, 2.24) is 4.98 Å². The molecule has 0 aliphatic heterocycles. The van der Waals surface area contributed by atoms with Gasteiger partial charge in [0.1, 0.15) is 0 Å². The summed E-state index contributed by atoms with van der Waals surface area (Å²) in [7, 11) is 0. The Morgan fingerprint density at radius 3 is 2.56 bits per heavy atom. The van der Waals surface area contributed by atoms with Gasteiger partial charge in [-0.15, -0.1) is 0 Å². The Bertz CT molecular complexity index is 507. The fourth-order valence-electron chi connectivity index (χ4n) is 1.42.